The Kier molecular flexibility index (Phi) is 3.99. The molecule has 1 aliphatic rings. The number of amides is 1. The fourth-order valence-corrected chi connectivity index (χ4v) is 3.60. The van der Waals surface area contributed by atoms with Gasteiger partial charge in [-0.3, -0.25) is 14.2 Å². The molecule has 4 rings (SSSR count). The molecule has 1 atom stereocenters. The average Bonchev–Trinajstić information content (AvgIpc) is 3.05. The molecular weight excluding hydrogens is 312 g/mol. The highest BCUT2D eigenvalue weighted by Gasteiger charge is 2.24. The quantitative estimate of drug-likeness (QED) is 0.721. The molecule has 0 bridgehead atoms. The minimum Gasteiger partial charge on any atom is -0.342 e. The van der Waals surface area contributed by atoms with Crippen LogP contribution >= 0.6 is 0 Å². The predicted octanol–water partition coefficient (Wildman–Crippen LogP) is 3.43. The SMILES string of the molecule is CC(=O)N1CCC[C@H](c2cccc(-c3cnc4ccc(C)cn34)n2)C1. The molecule has 1 amide bonds. The van der Waals surface area contributed by atoms with E-state index in [-0.39, 0.29) is 5.91 Å². The van der Waals surface area contributed by atoms with Crippen molar-refractivity contribution in [1.82, 2.24) is 19.3 Å². The normalized spacial score (nSPS) is 17.8. The lowest BCUT2D eigenvalue weighted by Gasteiger charge is -2.31. The fourth-order valence-electron chi connectivity index (χ4n) is 3.60. The Morgan fingerprint density at radius 3 is 2.96 bits per heavy atom. The van der Waals surface area contributed by atoms with Crippen LogP contribution in [0.15, 0.2) is 42.7 Å². The third kappa shape index (κ3) is 3.02. The first kappa shape index (κ1) is 15.8. The third-order valence-electron chi connectivity index (χ3n) is 4.97. The second-order valence-corrected chi connectivity index (χ2v) is 6.83. The number of aryl methyl sites for hydroxylation is 1. The minimum atomic E-state index is 0.151. The molecule has 0 spiro atoms. The highest BCUT2D eigenvalue weighted by Crippen LogP contribution is 2.28. The molecule has 0 aromatic carbocycles. The molecule has 25 heavy (non-hydrogen) atoms. The zero-order valence-electron chi connectivity index (χ0n) is 14.6. The molecule has 0 radical (unpaired) electrons. The number of pyridine rings is 2. The van der Waals surface area contributed by atoms with Gasteiger partial charge in [0.25, 0.3) is 0 Å². The Hall–Kier alpha value is -2.69. The molecule has 5 nitrogen and oxygen atoms in total. The van der Waals surface area contributed by atoms with E-state index >= 15 is 0 Å². The Labute approximate surface area is 147 Å². The number of nitrogens with zero attached hydrogens (tertiary/aromatic N) is 4. The maximum atomic E-state index is 11.7. The number of hydrogen-bond donors (Lipinski definition) is 0. The van der Waals surface area contributed by atoms with Crippen molar-refractivity contribution in [1.29, 1.82) is 0 Å². The number of hydrogen-bond acceptors (Lipinski definition) is 3. The molecule has 3 aromatic rings. The number of fused-ring (bicyclic) bond motifs is 1. The number of rotatable bonds is 2. The van der Waals surface area contributed by atoms with Gasteiger partial charge in [0.05, 0.1) is 17.6 Å². The Morgan fingerprint density at radius 1 is 1.24 bits per heavy atom. The van der Waals surface area contributed by atoms with Crippen LogP contribution in [0, 0.1) is 6.92 Å². The summed E-state index contributed by atoms with van der Waals surface area (Å²) >= 11 is 0. The second-order valence-electron chi connectivity index (χ2n) is 6.83. The van der Waals surface area contributed by atoms with Crippen molar-refractivity contribution >= 4 is 11.6 Å². The van der Waals surface area contributed by atoms with Crippen LogP contribution in [0.1, 0.15) is 36.9 Å². The maximum Gasteiger partial charge on any atom is 0.219 e. The van der Waals surface area contributed by atoms with Crippen LogP contribution in [-0.2, 0) is 4.79 Å². The fraction of sp³-hybridized carbons (Fsp3) is 0.350. The standard InChI is InChI=1S/C20H22N4O/c1-14-8-9-20-21-11-19(24(20)12-14)18-7-3-6-17(22-18)16-5-4-10-23(13-16)15(2)25/h3,6-9,11-12,16H,4-5,10,13H2,1-2H3/t16-/m0/s1. The van der Waals surface area contributed by atoms with Crippen molar-refractivity contribution in [2.24, 2.45) is 0 Å². The van der Waals surface area contributed by atoms with E-state index < -0.39 is 0 Å². The van der Waals surface area contributed by atoms with Crippen LogP contribution in [0.2, 0.25) is 0 Å². The van der Waals surface area contributed by atoms with E-state index in [1.807, 2.05) is 23.2 Å². The van der Waals surface area contributed by atoms with Crippen molar-refractivity contribution in [2.75, 3.05) is 13.1 Å². The molecule has 5 heteroatoms. The van der Waals surface area contributed by atoms with Crippen LogP contribution in [0.25, 0.3) is 17.0 Å². The molecular formula is C20H22N4O. The van der Waals surface area contributed by atoms with Crippen molar-refractivity contribution < 1.29 is 4.79 Å². The molecule has 0 N–H and O–H groups in total. The van der Waals surface area contributed by atoms with Crippen molar-refractivity contribution in [3.63, 3.8) is 0 Å². The molecule has 0 aliphatic carbocycles. The third-order valence-corrected chi connectivity index (χ3v) is 4.97. The summed E-state index contributed by atoms with van der Waals surface area (Å²) in [5.74, 6) is 0.455. The first-order valence-electron chi connectivity index (χ1n) is 8.78. The van der Waals surface area contributed by atoms with E-state index in [1.165, 1.54) is 5.56 Å². The van der Waals surface area contributed by atoms with Crippen LogP contribution in [0.4, 0.5) is 0 Å². The summed E-state index contributed by atoms with van der Waals surface area (Å²) in [6.07, 6.45) is 6.07. The summed E-state index contributed by atoms with van der Waals surface area (Å²) in [5, 5.41) is 0. The molecule has 0 saturated carbocycles. The lowest BCUT2D eigenvalue weighted by molar-refractivity contribution is -0.130. The van der Waals surface area contributed by atoms with Gasteiger partial charge < -0.3 is 4.90 Å². The van der Waals surface area contributed by atoms with Crippen molar-refractivity contribution in [3.8, 4) is 11.4 Å². The smallest absolute Gasteiger partial charge is 0.219 e. The monoisotopic (exact) mass is 334 g/mol. The van der Waals surface area contributed by atoms with E-state index in [1.54, 1.807) is 6.92 Å². The predicted molar refractivity (Wildman–Crippen MR) is 97.4 cm³/mol. The highest BCUT2D eigenvalue weighted by atomic mass is 16.2. The van der Waals surface area contributed by atoms with E-state index in [0.29, 0.717) is 5.92 Å². The number of likely N-dealkylation sites (tertiary alicyclic amines) is 1. The van der Waals surface area contributed by atoms with Gasteiger partial charge in [-0.15, -0.1) is 0 Å². The topological polar surface area (TPSA) is 50.5 Å². The van der Waals surface area contributed by atoms with Crippen LogP contribution < -0.4 is 0 Å². The second kappa shape index (κ2) is 6.31. The summed E-state index contributed by atoms with van der Waals surface area (Å²) in [6.45, 7) is 5.34. The summed E-state index contributed by atoms with van der Waals surface area (Å²) in [4.78, 5) is 23.0. The summed E-state index contributed by atoms with van der Waals surface area (Å²) < 4.78 is 2.09. The molecule has 1 fully saturated rings. The summed E-state index contributed by atoms with van der Waals surface area (Å²) in [7, 11) is 0. The average molecular weight is 334 g/mol. The van der Waals surface area contributed by atoms with Gasteiger partial charge >= 0.3 is 0 Å². The van der Waals surface area contributed by atoms with Gasteiger partial charge in [-0.2, -0.15) is 0 Å². The van der Waals surface area contributed by atoms with Gasteiger partial charge in [0, 0.05) is 37.8 Å². The zero-order valence-corrected chi connectivity index (χ0v) is 14.6. The number of imidazole rings is 1. The van der Waals surface area contributed by atoms with Crippen molar-refractivity contribution in [3.05, 3.63) is 54.0 Å². The Morgan fingerprint density at radius 2 is 2.12 bits per heavy atom. The molecule has 3 aromatic heterocycles. The molecule has 0 unspecified atom stereocenters. The summed E-state index contributed by atoms with van der Waals surface area (Å²) in [5.41, 5.74) is 5.10. The van der Waals surface area contributed by atoms with Crippen molar-refractivity contribution in [2.45, 2.75) is 32.6 Å². The van der Waals surface area contributed by atoms with Gasteiger partial charge in [-0.1, -0.05) is 12.1 Å². The first-order valence-corrected chi connectivity index (χ1v) is 8.78. The van der Waals surface area contributed by atoms with Crippen LogP contribution in [-0.4, -0.2) is 38.3 Å². The van der Waals surface area contributed by atoms with Crippen LogP contribution in [0.3, 0.4) is 0 Å². The Bertz CT molecular complexity index is 930. The molecule has 1 aliphatic heterocycles. The van der Waals surface area contributed by atoms with E-state index in [9.17, 15) is 4.79 Å². The van der Waals surface area contributed by atoms with Gasteiger partial charge in [0.1, 0.15) is 5.65 Å². The highest BCUT2D eigenvalue weighted by molar-refractivity contribution is 5.73. The van der Waals surface area contributed by atoms with Gasteiger partial charge in [-0.05, 0) is 43.5 Å². The zero-order chi connectivity index (χ0) is 17.4. The van der Waals surface area contributed by atoms with Gasteiger partial charge in [0.2, 0.25) is 5.91 Å². The maximum absolute atomic E-state index is 11.7. The first-order chi connectivity index (χ1) is 12.1. The minimum absolute atomic E-state index is 0.151. The van der Waals surface area contributed by atoms with Gasteiger partial charge in [0.15, 0.2) is 0 Å². The van der Waals surface area contributed by atoms with E-state index in [0.717, 1.165) is 48.7 Å². The number of piperidine rings is 1. The lowest BCUT2D eigenvalue weighted by Crippen LogP contribution is -2.37. The number of carbonyl (C=O) groups is 1. The number of carbonyl (C=O) groups excluding carboxylic acids is 1. The van der Waals surface area contributed by atoms with E-state index in [4.69, 9.17) is 4.98 Å². The van der Waals surface area contributed by atoms with E-state index in [2.05, 4.69) is 40.7 Å². The lowest BCUT2D eigenvalue weighted by atomic mass is 9.94. The summed E-state index contributed by atoms with van der Waals surface area (Å²) in [6, 6.07) is 10.2. The number of aromatic nitrogens is 3. The molecule has 128 valence electrons. The van der Waals surface area contributed by atoms with Gasteiger partial charge in [-0.25, -0.2) is 4.98 Å². The molecule has 1 saturated heterocycles. The largest absolute Gasteiger partial charge is 0.342 e. The van der Waals surface area contributed by atoms with Crippen LogP contribution in [0.5, 0.6) is 0 Å². The molecule has 4 heterocycles. The Balaban J connectivity index is 1.69.